The highest BCUT2D eigenvalue weighted by Crippen LogP contribution is 2.43. The van der Waals surface area contributed by atoms with Crippen LogP contribution < -0.4 is 5.19 Å². The van der Waals surface area contributed by atoms with Crippen molar-refractivity contribution < 1.29 is 14.0 Å². The maximum Gasteiger partial charge on any atom is 0.240 e. The van der Waals surface area contributed by atoms with Crippen molar-refractivity contribution in [3.05, 3.63) is 65.5 Å². The molecule has 37 heavy (non-hydrogen) atoms. The molecule has 2 aliphatic rings. The highest BCUT2D eigenvalue weighted by atomic mass is 28.3. The van der Waals surface area contributed by atoms with E-state index in [1.807, 2.05) is 35.2 Å². The standard InChI is InChI=1S/C29H39FN4O2Si/c1-22(35)33-18-16-32(17-19-33)15-9-14-29(24-10-7-6-8-11-24)21-28(31-34(29)23(2)36)26-20-25(37(3,4)5)12-13-27(26)30/h6-8,10-13,20H,9,14-19,21H2,1-5H3/t29-/m0/s1. The molecule has 0 saturated carbocycles. The Morgan fingerprint density at radius 1 is 0.973 bits per heavy atom. The first-order chi connectivity index (χ1) is 17.5. The van der Waals surface area contributed by atoms with Gasteiger partial charge in [0, 0.05) is 52.0 Å². The van der Waals surface area contributed by atoms with Crippen molar-refractivity contribution in [2.24, 2.45) is 5.10 Å². The van der Waals surface area contributed by atoms with Crippen molar-refractivity contribution in [1.29, 1.82) is 0 Å². The van der Waals surface area contributed by atoms with Crippen LogP contribution in [0.1, 0.15) is 44.2 Å². The van der Waals surface area contributed by atoms with E-state index in [2.05, 4.69) is 36.7 Å². The number of rotatable bonds is 7. The van der Waals surface area contributed by atoms with E-state index in [1.165, 1.54) is 5.19 Å². The second-order valence-corrected chi connectivity index (χ2v) is 16.4. The first kappa shape index (κ1) is 27.2. The van der Waals surface area contributed by atoms with Crippen LogP contribution in [0.2, 0.25) is 19.6 Å². The minimum Gasteiger partial charge on any atom is -0.340 e. The molecule has 1 fully saturated rings. The van der Waals surface area contributed by atoms with Gasteiger partial charge < -0.3 is 4.90 Å². The fourth-order valence-electron chi connectivity index (χ4n) is 5.53. The summed E-state index contributed by atoms with van der Waals surface area (Å²) in [5, 5.41) is 7.56. The summed E-state index contributed by atoms with van der Waals surface area (Å²) in [4.78, 5) is 28.9. The third-order valence-corrected chi connectivity index (χ3v) is 9.76. The Morgan fingerprint density at radius 3 is 2.24 bits per heavy atom. The molecule has 0 aromatic heterocycles. The topological polar surface area (TPSA) is 56.2 Å². The Bertz CT molecular complexity index is 1170. The van der Waals surface area contributed by atoms with Gasteiger partial charge in [-0.1, -0.05) is 67.3 Å². The number of carbonyl (C=O) groups is 2. The monoisotopic (exact) mass is 522 g/mol. The molecule has 0 unspecified atom stereocenters. The predicted molar refractivity (Wildman–Crippen MR) is 149 cm³/mol. The Labute approximate surface area is 221 Å². The summed E-state index contributed by atoms with van der Waals surface area (Å²) in [6, 6.07) is 15.4. The number of benzene rings is 2. The minimum atomic E-state index is -1.66. The number of carbonyl (C=O) groups excluding carboxylic acids is 2. The highest BCUT2D eigenvalue weighted by molar-refractivity contribution is 6.88. The van der Waals surface area contributed by atoms with Gasteiger partial charge in [0.2, 0.25) is 11.8 Å². The van der Waals surface area contributed by atoms with Crippen LogP contribution in [0.15, 0.2) is 53.6 Å². The lowest BCUT2D eigenvalue weighted by atomic mass is 9.80. The van der Waals surface area contributed by atoms with Gasteiger partial charge in [-0.25, -0.2) is 9.40 Å². The first-order valence-corrected chi connectivity index (χ1v) is 16.7. The van der Waals surface area contributed by atoms with Gasteiger partial charge in [0.05, 0.1) is 19.3 Å². The molecule has 2 aromatic carbocycles. The van der Waals surface area contributed by atoms with E-state index in [-0.39, 0.29) is 17.6 Å². The molecule has 1 saturated heterocycles. The van der Waals surface area contributed by atoms with Crippen molar-refractivity contribution in [1.82, 2.24) is 14.8 Å². The number of hydrogen-bond acceptors (Lipinski definition) is 4. The molecule has 8 heteroatoms. The highest BCUT2D eigenvalue weighted by Gasteiger charge is 2.46. The molecule has 0 N–H and O–H groups in total. The van der Waals surface area contributed by atoms with E-state index in [4.69, 9.17) is 5.10 Å². The van der Waals surface area contributed by atoms with E-state index in [0.717, 1.165) is 44.7 Å². The van der Waals surface area contributed by atoms with E-state index >= 15 is 4.39 Å². The van der Waals surface area contributed by atoms with Crippen LogP contribution in [0.25, 0.3) is 0 Å². The third-order valence-electron chi connectivity index (χ3n) is 7.72. The van der Waals surface area contributed by atoms with Crippen molar-refractivity contribution in [3.63, 3.8) is 0 Å². The maximum absolute atomic E-state index is 15.2. The molecular weight excluding hydrogens is 483 g/mol. The van der Waals surface area contributed by atoms with E-state index in [0.29, 0.717) is 24.1 Å². The van der Waals surface area contributed by atoms with Gasteiger partial charge in [0.1, 0.15) is 5.82 Å². The minimum absolute atomic E-state index is 0.126. The zero-order valence-electron chi connectivity index (χ0n) is 22.8. The summed E-state index contributed by atoms with van der Waals surface area (Å²) in [5.74, 6) is -0.312. The first-order valence-electron chi connectivity index (χ1n) is 13.2. The van der Waals surface area contributed by atoms with E-state index in [9.17, 15) is 9.59 Å². The lowest BCUT2D eigenvalue weighted by Crippen LogP contribution is -2.48. The Morgan fingerprint density at radius 2 is 1.65 bits per heavy atom. The summed E-state index contributed by atoms with van der Waals surface area (Å²) >= 11 is 0. The lowest BCUT2D eigenvalue weighted by molar-refractivity contribution is -0.135. The van der Waals surface area contributed by atoms with Crippen LogP contribution in [0.5, 0.6) is 0 Å². The van der Waals surface area contributed by atoms with Gasteiger partial charge in [0.15, 0.2) is 0 Å². The van der Waals surface area contributed by atoms with Crippen LogP contribution in [0, 0.1) is 5.82 Å². The van der Waals surface area contributed by atoms with Crippen LogP contribution >= 0.6 is 0 Å². The number of nitrogens with zero attached hydrogens (tertiary/aromatic N) is 4. The number of piperazine rings is 1. The largest absolute Gasteiger partial charge is 0.340 e. The molecule has 0 spiro atoms. The molecule has 6 nitrogen and oxygen atoms in total. The molecule has 2 heterocycles. The van der Waals surface area contributed by atoms with Crippen LogP contribution in [0.4, 0.5) is 4.39 Å². The van der Waals surface area contributed by atoms with Gasteiger partial charge in [-0.15, -0.1) is 0 Å². The van der Waals surface area contributed by atoms with Gasteiger partial charge in [-0.2, -0.15) is 5.10 Å². The third kappa shape index (κ3) is 5.85. The molecule has 2 aliphatic heterocycles. The number of hydrogen-bond donors (Lipinski definition) is 0. The summed E-state index contributed by atoms with van der Waals surface area (Å²) in [7, 11) is -1.66. The van der Waals surface area contributed by atoms with Crippen molar-refractivity contribution in [2.45, 2.75) is 58.3 Å². The van der Waals surface area contributed by atoms with Gasteiger partial charge in [-0.05, 0) is 31.0 Å². The number of halogens is 1. The van der Waals surface area contributed by atoms with Crippen LogP contribution in [-0.2, 0) is 15.1 Å². The Hall–Kier alpha value is -2.84. The van der Waals surface area contributed by atoms with Crippen molar-refractivity contribution in [3.8, 4) is 0 Å². The second-order valence-electron chi connectivity index (χ2n) is 11.3. The summed E-state index contributed by atoms with van der Waals surface area (Å²) < 4.78 is 15.2. The molecular formula is C29H39FN4O2Si. The zero-order chi connectivity index (χ0) is 26.8. The van der Waals surface area contributed by atoms with E-state index < -0.39 is 13.6 Å². The van der Waals surface area contributed by atoms with Gasteiger partial charge in [0.25, 0.3) is 0 Å². The number of amides is 2. The fourth-order valence-corrected chi connectivity index (χ4v) is 6.69. The molecule has 0 bridgehead atoms. The second kappa shape index (κ2) is 10.9. The fraction of sp³-hybridized carbons (Fsp3) is 0.483. The average molecular weight is 523 g/mol. The molecule has 1 atom stereocenters. The van der Waals surface area contributed by atoms with Crippen molar-refractivity contribution >= 4 is 30.8 Å². The van der Waals surface area contributed by atoms with E-state index in [1.54, 1.807) is 24.9 Å². The van der Waals surface area contributed by atoms with Gasteiger partial charge >= 0.3 is 0 Å². The van der Waals surface area contributed by atoms with Gasteiger partial charge in [-0.3, -0.25) is 14.5 Å². The maximum atomic E-state index is 15.2. The molecule has 2 aromatic rings. The SMILES string of the molecule is CC(=O)N1CCN(CCC[C@@]2(c3ccccc3)CC(c3cc([Si](C)(C)C)ccc3F)=NN2C(C)=O)CC1. The Balaban J connectivity index is 1.61. The molecule has 4 rings (SSSR count). The summed E-state index contributed by atoms with van der Waals surface area (Å²) in [6.45, 7) is 14.0. The quantitative estimate of drug-likeness (QED) is 0.513. The van der Waals surface area contributed by atoms with Crippen LogP contribution in [-0.4, -0.2) is 73.1 Å². The predicted octanol–water partition coefficient (Wildman–Crippen LogP) is 4.17. The summed E-state index contributed by atoms with van der Waals surface area (Å²) in [5.41, 5.74) is 1.49. The number of hydrazone groups is 1. The summed E-state index contributed by atoms with van der Waals surface area (Å²) in [6.07, 6.45) is 2.05. The molecule has 2 amide bonds. The lowest BCUT2D eigenvalue weighted by Gasteiger charge is -2.38. The Kier molecular flexibility index (Phi) is 7.99. The zero-order valence-corrected chi connectivity index (χ0v) is 23.8. The molecule has 0 aliphatic carbocycles. The smallest absolute Gasteiger partial charge is 0.240 e. The van der Waals surface area contributed by atoms with Crippen molar-refractivity contribution in [2.75, 3.05) is 32.7 Å². The normalized spacial score (nSPS) is 20.8. The van der Waals surface area contributed by atoms with Crippen LogP contribution in [0.3, 0.4) is 0 Å². The molecule has 198 valence electrons. The molecule has 0 radical (unpaired) electrons. The average Bonchev–Trinajstić information content (AvgIpc) is 3.25.